The number of nitrogens with zero attached hydrogens (tertiary/aromatic N) is 2. The van der Waals surface area contributed by atoms with Gasteiger partial charge in [-0.05, 0) is 0 Å². The van der Waals surface area contributed by atoms with Gasteiger partial charge in [0.25, 0.3) is 0 Å². The zero-order valence-electron chi connectivity index (χ0n) is 9.51. The van der Waals surface area contributed by atoms with Crippen molar-refractivity contribution in [2.45, 2.75) is 19.8 Å². The number of hydrogen-bond acceptors (Lipinski definition) is 3. The van der Waals surface area contributed by atoms with E-state index in [0.29, 0.717) is 5.82 Å². The van der Waals surface area contributed by atoms with Crippen LogP contribution in [0.2, 0.25) is 0 Å². The van der Waals surface area contributed by atoms with Gasteiger partial charge in [-0.3, -0.25) is 0 Å². The molecule has 0 aliphatic rings. The van der Waals surface area contributed by atoms with Gasteiger partial charge in [-0.2, -0.15) is 0 Å². The molecule has 82 valence electrons. The second kappa shape index (κ2) is 4.31. The van der Waals surface area contributed by atoms with Crippen molar-refractivity contribution < 1.29 is 0 Å². The van der Waals surface area contributed by atoms with E-state index in [1.807, 2.05) is 30.3 Å². The van der Waals surface area contributed by atoms with Crippen molar-refractivity contribution in [1.29, 1.82) is 0 Å². The van der Waals surface area contributed by atoms with Crippen molar-refractivity contribution in [3.63, 3.8) is 0 Å². The third-order valence-corrected chi connectivity index (χ3v) is 2.35. The van der Waals surface area contributed by atoms with E-state index >= 15 is 0 Å². The molecule has 1 aromatic heterocycles. The van der Waals surface area contributed by atoms with Crippen LogP contribution in [0.25, 0.3) is 11.3 Å². The molecule has 0 saturated carbocycles. The lowest BCUT2D eigenvalue weighted by Gasteiger charge is -2.07. The summed E-state index contributed by atoms with van der Waals surface area (Å²) in [6.45, 7) is 4.12. The van der Waals surface area contributed by atoms with Crippen molar-refractivity contribution in [2.75, 3.05) is 5.73 Å². The molecule has 0 atom stereocenters. The molecule has 0 spiro atoms. The summed E-state index contributed by atoms with van der Waals surface area (Å²) in [5, 5.41) is 0. The minimum Gasteiger partial charge on any atom is -0.384 e. The topological polar surface area (TPSA) is 51.8 Å². The standard InChI is InChI=1S/C13H15N3/c1-9(2)13-15-11(8-12(14)16-13)10-6-4-3-5-7-10/h3-9H,1-2H3,(H2,14,15,16). The summed E-state index contributed by atoms with van der Waals surface area (Å²) >= 11 is 0. The molecule has 1 aromatic carbocycles. The Hall–Kier alpha value is -1.90. The first-order valence-corrected chi connectivity index (χ1v) is 5.36. The van der Waals surface area contributed by atoms with Gasteiger partial charge in [0.05, 0.1) is 5.69 Å². The van der Waals surface area contributed by atoms with Crippen LogP contribution < -0.4 is 5.73 Å². The number of anilines is 1. The molecule has 3 nitrogen and oxygen atoms in total. The number of aromatic nitrogens is 2. The average Bonchev–Trinajstić information content (AvgIpc) is 2.29. The van der Waals surface area contributed by atoms with Crippen molar-refractivity contribution in [2.24, 2.45) is 0 Å². The molecule has 0 fully saturated rings. The van der Waals surface area contributed by atoms with Crippen molar-refractivity contribution in [3.8, 4) is 11.3 Å². The molecule has 2 rings (SSSR count). The lowest BCUT2D eigenvalue weighted by molar-refractivity contribution is 0.779. The first-order chi connectivity index (χ1) is 7.66. The van der Waals surface area contributed by atoms with Crippen LogP contribution in [0.1, 0.15) is 25.6 Å². The van der Waals surface area contributed by atoms with Gasteiger partial charge in [-0.15, -0.1) is 0 Å². The van der Waals surface area contributed by atoms with Gasteiger partial charge in [0.1, 0.15) is 11.6 Å². The van der Waals surface area contributed by atoms with Crippen LogP contribution in [0, 0.1) is 0 Å². The van der Waals surface area contributed by atoms with Gasteiger partial charge in [-0.25, -0.2) is 9.97 Å². The molecule has 1 heterocycles. The van der Waals surface area contributed by atoms with E-state index in [0.717, 1.165) is 17.1 Å². The maximum absolute atomic E-state index is 5.78. The first kappa shape index (κ1) is 10.6. The second-order valence-corrected chi connectivity index (χ2v) is 4.06. The second-order valence-electron chi connectivity index (χ2n) is 4.06. The number of benzene rings is 1. The van der Waals surface area contributed by atoms with E-state index in [9.17, 15) is 0 Å². The Bertz CT molecular complexity index is 478. The monoisotopic (exact) mass is 213 g/mol. The molecule has 3 heteroatoms. The maximum atomic E-state index is 5.78. The van der Waals surface area contributed by atoms with Crippen LogP contribution in [0.15, 0.2) is 36.4 Å². The number of rotatable bonds is 2. The first-order valence-electron chi connectivity index (χ1n) is 5.36. The Morgan fingerprint density at radius 1 is 1.06 bits per heavy atom. The fourth-order valence-electron chi connectivity index (χ4n) is 1.50. The van der Waals surface area contributed by atoms with Crippen LogP contribution in [0.5, 0.6) is 0 Å². The van der Waals surface area contributed by atoms with E-state index in [-0.39, 0.29) is 5.92 Å². The zero-order chi connectivity index (χ0) is 11.5. The number of hydrogen-bond donors (Lipinski definition) is 1. The van der Waals surface area contributed by atoms with Crippen LogP contribution in [-0.4, -0.2) is 9.97 Å². The number of nitrogen functional groups attached to an aromatic ring is 1. The summed E-state index contributed by atoms with van der Waals surface area (Å²) in [4.78, 5) is 8.74. The van der Waals surface area contributed by atoms with Crippen LogP contribution in [0.4, 0.5) is 5.82 Å². The van der Waals surface area contributed by atoms with Gasteiger partial charge in [-0.1, -0.05) is 44.2 Å². The lowest BCUT2D eigenvalue weighted by atomic mass is 10.1. The predicted octanol–water partition coefficient (Wildman–Crippen LogP) is 2.85. The SMILES string of the molecule is CC(C)c1nc(N)cc(-c2ccccc2)n1. The molecule has 0 saturated heterocycles. The largest absolute Gasteiger partial charge is 0.384 e. The summed E-state index contributed by atoms with van der Waals surface area (Å²) in [7, 11) is 0. The Morgan fingerprint density at radius 2 is 1.75 bits per heavy atom. The van der Waals surface area contributed by atoms with Gasteiger partial charge in [0.15, 0.2) is 0 Å². The van der Waals surface area contributed by atoms with Gasteiger partial charge in [0.2, 0.25) is 0 Å². The third kappa shape index (κ3) is 2.19. The van der Waals surface area contributed by atoms with Crippen LogP contribution in [-0.2, 0) is 0 Å². The van der Waals surface area contributed by atoms with Gasteiger partial charge < -0.3 is 5.73 Å². The molecular weight excluding hydrogens is 198 g/mol. The third-order valence-electron chi connectivity index (χ3n) is 2.35. The van der Waals surface area contributed by atoms with Gasteiger partial charge >= 0.3 is 0 Å². The Morgan fingerprint density at radius 3 is 2.38 bits per heavy atom. The van der Waals surface area contributed by atoms with E-state index in [1.165, 1.54) is 0 Å². The molecule has 16 heavy (non-hydrogen) atoms. The highest BCUT2D eigenvalue weighted by atomic mass is 14.9. The molecule has 0 unspecified atom stereocenters. The fourth-order valence-corrected chi connectivity index (χ4v) is 1.50. The minimum absolute atomic E-state index is 0.283. The van der Waals surface area contributed by atoms with Crippen LogP contribution in [0.3, 0.4) is 0 Å². The summed E-state index contributed by atoms with van der Waals surface area (Å²) in [6.07, 6.45) is 0. The molecule has 0 aliphatic heterocycles. The highest BCUT2D eigenvalue weighted by Gasteiger charge is 2.07. The molecule has 0 amide bonds. The summed E-state index contributed by atoms with van der Waals surface area (Å²) in [5.74, 6) is 1.60. The molecule has 0 radical (unpaired) electrons. The molecule has 2 aromatic rings. The van der Waals surface area contributed by atoms with Crippen molar-refractivity contribution in [1.82, 2.24) is 9.97 Å². The number of nitrogens with two attached hydrogens (primary N) is 1. The Kier molecular flexibility index (Phi) is 2.86. The Labute approximate surface area is 95.4 Å². The highest BCUT2D eigenvalue weighted by molar-refractivity contribution is 5.61. The molecule has 0 aliphatic carbocycles. The molecule has 0 bridgehead atoms. The molecule has 2 N–H and O–H groups in total. The smallest absolute Gasteiger partial charge is 0.133 e. The fraction of sp³-hybridized carbons (Fsp3) is 0.231. The summed E-state index contributed by atoms with van der Waals surface area (Å²) in [6, 6.07) is 11.8. The summed E-state index contributed by atoms with van der Waals surface area (Å²) < 4.78 is 0. The Balaban J connectivity index is 2.50. The normalized spacial score (nSPS) is 10.7. The van der Waals surface area contributed by atoms with E-state index in [1.54, 1.807) is 6.07 Å². The van der Waals surface area contributed by atoms with E-state index in [2.05, 4.69) is 23.8 Å². The van der Waals surface area contributed by atoms with E-state index < -0.39 is 0 Å². The molecular formula is C13H15N3. The minimum atomic E-state index is 0.283. The van der Waals surface area contributed by atoms with Gasteiger partial charge in [0, 0.05) is 17.5 Å². The predicted molar refractivity (Wildman–Crippen MR) is 66.0 cm³/mol. The van der Waals surface area contributed by atoms with Crippen molar-refractivity contribution >= 4 is 5.82 Å². The van der Waals surface area contributed by atoms with E-state index in [4.69, 9.17) is 5.73 Å². The highest BCUT2D eigenvalue weighted by Crippen LogP contribution is 2.20. The zero-order valence-corrected chi connectivity index (χ0v) is 9.51. The van der Waals surface area contributed by atoms with Crippen molar-refractivity contribution in [3.05, 3.63) is 42.2 Å². The quantitative estimate of drug-likeness (QED) is 0.834. The maximum Gasteiger partial charge on any atom is 0.133 e. The average molecular weight is 213 g/mol. The summed E-state index contributed by atoms with van der Waals surface area (Å²) in [5.41, 5.74) is 7.74. The van der Waals surface area contributed by atoms with Crippen LogP contribution >= 0.6 is 0 Å². The lowest BCUT2D eigenvalue weighted by Crippen LogP contribution is -2.02.